The van der Waals surface area contributed by atoms with Gasteiger partial charge < -0.3 is 24.3 Å². The predicted octanol–water partition coefficient (Wildman–Crippen LogP) is 3.22. The minimum atomic E-state index is -0.920. The van der Waals surface area contributed by atoms with Crippen LogP contribution in [0.5, 0.6) is 17.2 Å². The first-order valence-electron chi connectivity index (χ1n) is 8.82. The highest BCUT2D eigenvalue weighted by atomic mass is 16.5. The number of rotatable bonds is 9. The molecule has 150 valence electrons. The lowest BCUT2D eigenvalue weighted by Gasteiger charge is -2.15. The van der Waals surface area contributed by atoms with E-state index in [1.807, 2.05) is 24.3 Å². The summed E-state index contributed by atoms with van der Waals surface area (Å²) in [5.41, 5.74) is 1.50. The van der Waals surface area contributed by atoms with Crippen LogP contribution in [-0.2, 0) is 20.7 Å². The summed E-state index contributed by atoms with van der Waals surface area (Å²) < 4.78 is 20.7. The summed E-state index contributed by atoms with van der Waals surface area (Å²) in [6.45, 7) is 1.53. The molecule has 1 amide bonds. The second kappa shape index (κ2) is 10.2. The van der Waals surface area contributed by atoms with E-state index in [1.54, 1.807) is 25.3 Å². The Morgan fingerprint density at radius 1 is 0.929 bits per heavy atom. The van der Waals surface area contributed by atoms with Crippen LogP contribution in [0.4, 0.5) is 5.69 Å². The molecule has 0 aromatic heterocycles. The molecule has 0 aliphatic heterocycles. The Balaban J connectivity index is 1.84. The SMILES string of the molecule is COc1ccc(CCC(=O)OC(C)C(=O)Nc2ccc(OC)c(OC)c2)cc1. The van der Waals surface area contributed by atoms with Crippen LogP contribution >= 0.6 is 0 Å². The highest BCUT2D eigenvalue weighted by Crippen LogP contribution is 2.29. The van der Waals surface area contributed by atoms with Gasteiger partial charge in [-0.3, -0.25) is 9.59 Å². The summed E-state index contributed by atoms with van der Waals surface area (Å²) in [4.78, 5) is 24.3. The molecule has 0 saturated heterocycles. The normalized spacial score (nSPS) is 11.3. The number of anilines is 1. The number of hydrogen-bond donors (Lipinski definition) is 1. The van der Waals surface area contributed by atoms with Gasteiger partial charge in [0.15, 0.2) is 17.6 Å². The third-order valence-corrected chi connectivity index (χ3v) is 4.11. The van der Waals surface area contributed by atoms with Gasteiger partial charge in [-0.1, -0.05) is 12.1 Å². The molecule has 7 heteroatoms. The van der Waals surface area contributed by atoms with Crippen molar-refractivity contribution in [1.29, 1.82) is 0 Å². The second-order valence-corrected chi connectivity index (χ2v) is 6.04. The van der Waals surface area contributed by atoms with Gasteiger partial charge in [0, 0.05) is 18.2 Å². The number of ether oxygens (including phenoxy) is 4. The molecule has 0 heterocycles. The van der Waals surface area contributed by atoms with E-state index < -0.39 is 18.0 Å². The minimum absolute atomic E-state index is 0.181. The predicted molar refractivity (Wildman–Crippen MR) is 105 cm³/mol. The molecule has 1 atom stereocenters. The molecular formula is C21H25NO6. The molecule has 0 aliphatic rings. The average Bonchev–Trinajstić information content (AvgIpc) is 2.72. The van der Waals surface area contributed by atoms with E-state index in [0.717, 1.165) is 11.3 Å². The van der Waals surface area contributed by atoms with Gasteiger partial charge in [-0.25, -0.2) is 0 Å². The molecule has 0 spiro atoms. The van der Waals surface area contributed by atoms with Gasteiger partial charge >= 0.3 is 5.97 Å². The van der Waals surface area contributed by atoms with Crippen LogP contribution in [0.2, 0.25) is 0 Å². The quantitative estimate of drug-likeness (QED) is 0.665. The van der Waals surface area contributed by atoms with E-state index in [9.17, 15) is 9.59 Å². The zero-order valence-electron chi connectivity index (χ0n) is 16.5. The number of methoxy groups -OCH3 is 3. The number of carbonyl (C=O) groups is 2. The Morgan fingerprint density at radius 3 is 2.21 bits per heavy atom. The van der Waals surface area contributed by atoms with E-state index in [2.05, 4.69) is 5.32 Å². The van der Waals surface area contributed by atoms with E-state index in [-0.39, 0.29) is 6.42 Å². The maximum Gasteiger partial charge on any atom is 0.306 e. The van der Waals surface area contributed by atoms with Gasteiger partial charge in [0.2, 0.25) is 0 Å². The highest BCUT2D eigenvalue weighted by Gasteiger charge is 2.18. The molecule has 0 aliphatic carbocycles. The van der Waals surface area contributed by atoms with Crippen molar-refractivity contribution in [3.05, 3.63) is 48.0 Å². The van der Waals surface area contributed by atoms with Crippen LogP contribution in [0.1, 0.15) is 18.9 Å². The lowest BCUT2D eigenvalue weighted by Crippen LogP contribution is -2.30. The van der Waals surface area contributed by atoms with Gasteiger partial charge in [-0.2, -0.15) is 0 Å². The molecule has 0 bridgehead atoms. The Bertz CT molecular complexity index is 803. The largest absolute Gasteiger partial charge is 0.497 e. The van der Waals surface area contributed by atoms with Crippen molar-refractivity contribution in [2.24, 2.45) is 0 Å². The van der Waals surface area contributed by atoms with Gasteiger partial charge in [0.05, 0.1) is 21.3 Å². The standard InChI is InChI=1S/C21H25NO6/c1-14(21(24)22-16-8-11-18(26-3)19(13-16)27-4)28-20(23)12-7-15-5-9-17(25-2)10-6-15/h5-6,8-11,13-14H,7,12H2,1-4H3,(H,22,24). The molecular weight excluding hydrogens is 362 g/mol. The van der Waals surface area contributed by atoms with Crippen LogP contribution in [0, 0.1) is 0 Å². The lowest BCUT2D eigenvalue weighted by atomic mass is 10.1. The zero-order chi connectivity index (χ0) is 20.5. The monoisotopic (exact) mass is 387 g/mol. The van der Waals surface area contributed by atoms with Gasteiger partial charge in [0.25, 0.3) is 5.91 Å². The Hall–Kier alpha value is -3.22. The first-order chi connectivity index (χ1) is 13.5. The molecule has 7 nitrogen and oxygen atoms in total. The van der Waals surface area contributed by atoms with Gasteiger partial charge in [-0.05, 0) is 43.2 Å². The summed E-state index contributed by atoms with van der Waals surface area (Å²) in [5, 5.41) is 2.69. The van der Waals surface area contributed by atoms with Crippen LogP contribution in [0.25, 0.3) is 0 Å². The molecule has 28 heavy (non-hydrogen) atoms. The number of amides is 1. The number of carbonyl (C=O) groups excluding carboxylic acids is 2. The van der Waals surface area contributed by atoms with Crippen LogP contribution < -0.4 is 19.5 Å². The van der Waals surface area contributed by atoms with E-state index >= 15 is 0 Å². The Kier molecular flexibility index (Phi) is 7.68. The van der Waals surface area contributed by atoms with Gasteiger partial charge in [0.1, 0.15) is 5.75 Å². The molecule has 0 saturated carbocycles. The van der Waals surface area contributed by atoms with Crippen molar-refractivity contribution in [2.45, 2.75) is 25.9 Å². The van der Waals surface area contributed by atoms with Crippen molar-refractivity contribution in [3.8, 4) is 17.2 Å². The molecule has 2 aromatic carbocycles. The van der Waals surface area contributed by atoms with E-state index in [1.165, 1.54) is 21.1 Å². The lowest BCUT2D eigenvalue weighted by molar-refractivity contribution is -0.153. The molecule has 0 radical (unpaired) electrons. The van der Waals surface area contributed by atoms with E-state index in [4.69, 9.17) is 18.9 Å². The third kappa shape index (κ3) is 5.90. The first-order valence-corrected chi connectivity index (χ1v) is 8.82. The number of benzene rings is 2. The first kappa shape index (κ1) is 21.1. The summed E-state index contributed by atoms with van der Waals surface area (Å²) in [6.07, 6.45) is -0.218. The Labute approximate surface area is 164 Å². The average molecular weight is 387 g/mol. The summed E-state index contributed by atoms with van der Waals surface area (Å²) in [7, 11) is 4.64. The number of aryl methyl sites for hydroxylation is 1. The molecule has 2 rings (SSSR count). The van der Waals surface area contributed by atoms with Crippen molar-refractivity contribution in [3.63, 3.8) is 0 Å². The fraction of sp³-hybridized carbons (Fsp3) is 0.333. The van der Waals surface area contributed by atoms with Crippen molar-refractivity contribution in [1.82, 2.24) is 0 Å². The number of nitrogens with one attached hydrogen (secondary N) is 1. The second-order valence-electron chi connectivity index (χ2n) is 6.04. The molecule has 2 aromatic rings. The highest BCUT2D eigenvalue weighted by molar-refractivity contribution is 5.95. The van der Waals surface area contributed by atoms with Crippen molar-refractivity contribution < 1.29 is 28.5 Å². The third-order valence-electron chi connectivity index (χ3n) is 4.11. The summed E-state index contributed by atoms with van der Waals surface area (Å²) >= 11 is 0. The molecule has 0 fully saturated rings. The number of hydrogen-bond acceptors (Lipinski definition) is 6. The van der Waals surface area contributed by atoms with Crippen LogP contribution in [0.15, 0.2) is 42.5 Å². The summed E-state index contributed by atoms with van der Waals surface area (Å²) in [6, 6.07) is 12.4. The van der Waals surface area contributed by atoms with Crippen LogP contribution in [-0.4, -0.2) is 39.3 Å². The minimum Gasteiger partial charge on any atom is -0.497 e. The smallest absolute Gasteiger partial charge is 0.306 e. The van der Waals surface area contributed by atoms with Gasteiger partial charge in [-0.15, -0.1) is 0 Å². The van der Waals surface area contributed by atoms with Crippen LogP contribution in [0.3, 0.4) is 0 Å². The van der Waals surface area contributed by atoms with Crippen molar-refractivity contribution in [2.75, 3.05) is 26.6 Å². The maximum atomic E-state index is 12.3. The molecule has 1 N–H and O–H groups in total. The molecule has 1 unspecified atom stereocenters. The zero-order valence-corrected chi connectivity index (χ0v) is 16.5. The summed E-state index contributed by atoms with van der Waals surface area (Å²) in [5.74, 6) is 0.936. The fourth-order valence-corrected chi connectivity index (χ4v) is 2.51. The van der Waals surface area contributed by atoms with E-state index in [0.29, 0.717) is 23.6 Å². The fourth-order valence-electron chi connectivity index (χ4n) is 2.51. The van der Waals surface area contributed by atoms with Crippen molar-refractivity contribution >= 4 is 17.6 Å². The Morgan fingerprint density at radius 2 is 1.61 bits per heavy atom. The topological polar surface area (TPSA) is 83.1 Å². The maximum absolute atomic E-state index is 12.3. The number of esters is 1.